The molecule has 0 unspecified atom stereocenters. The average Bonchev–Trinajstić information content (AvgIpc) is 2.87. The Hall–Kier alpha value is -2.49. The number of ether oxygens (including phenoxy) is 1. The normalized spacial score (nSPS) is 10.8. The molecular weight excluding hydrogens is 244 g/mol. The molecule has 1 aromatic carbocycles. The van der Waals surface area contributed by atoms with Crippen LogP contribution in [0.15, 0.2) is 47.1 Å². The molecule has 0 saturated carbocycles. The van der Waals surface area contributed by atoms with E-state index >= 15 is 0 Å². The number of benzene rings is 1. The first kappa shape index (κ1) is 13.0. The minimum atomic E-state index is -1.01. The molecule has 4 heteroatoms. The molecule has 2 aromatic rings. The van der Waals surface area contributed by atoms with Crippen LogP contribution in [0.3, 0.4) is 0 Å². The molecule has 4 nitrogen and oxygen atoms in total. The summed E-state index contributed by atoms with van der Waals surface area (Å²) in [4.78, 5) is 10.7. The topological polar surface area (TPSA) is 59.7 Å². The smallest absolute Gasteiger partial charge is 0.338 e. The van der Waals surface area contributed by atoms with E-state index in [-0.39, 0.29) is 12.2 Å². The number of carbonyl (C=O) groups is 1. The number of hydrogen-bond donors (Lipinski definition) is 1. The minimum absolute atomic E-state index is 0.125. The number of aromatic carboxylic acids is 1. The van der Waals surface area contributed by atoms with Gasteiger partial charge in [-0.1, -0.05) is 30.4 Å². The largest absolute Gasteiger partial charge is 0.485 e. The van der Waals surface area contributed by atoms with Gasteiger partial charge in [0.1, 0.15) is 24.4 Å². The van der Waals surface area contributed by atoms with Crippen molar-refractivity contribution in [2.75, 3.05) is 0 Å². The van der Waals surface area contributed by atoms with Crippen LogP contribution < -0.4 is 4.74 Å². The second kappa shape index (κ2) is 5.91. The van der Waals surface area contributed by atoms with Crippen LogP contribution in [0.4, 0.5) is 0 Å². The highest BCUT2D eigenvalue weighted by Gasteiger charge is 2.09. The number of carboxylic acid groups (broad SMARTS) is 1. The third-order valence-corrected chi connectivity index (χ3v) is 2.54. The summed E-state index contributed by atoms with van der Waals surface area (Å²) in [5, 5.41) is 8.79. The molecule has 0 fully saturated rings. The summed E-state index contributed by atoms with van der Waals surface area (Å²) in [6, 6.07) is 9.07. The van der Waals surface area contributed by atoms with Crippen LogP contribution in [0.25, 0.3) is 6.08 Å². The van der Waals surface area contributed by atoms with Gasteiger partial charge in [0.25, 0.3) is 0 Å². The van der Waals surface area contributed by atoms with Crippen LogP contribution in [0.5, 0.6) is 5.75 Å². The van der Waals surface area contributed by atoms with Gasteiger partial charge in [-0.2, -0.15) is 0 Å². The molecule has 1 heterocycles. The Morgan fingerprint density at radius 2 is 2.21 bits per heavy atom. The quantitative estimate of drug-likeness (QED) is 0.890. The first-order valence-corrected chi connectivity index (χ1v) is 5.86. The molecule has 0 radical (unpaired) electrons. The fraction of sp³-hybridized carbons (Fsp3) is 0.133. The molecule has 0 bridgehead atoms. The van der Waals surface area contributed by atoms with Gasteiger partial charge in [-0.15, -0.1) is 0 Å². The lowest BCUT2D eigenvalue weighted by atomic mass is 10.2. The molecule has 1 aromatic heterocycles. The van der Waals surface area contributed by atoms with E-state index in [1.807, 2.05) is 43.3 Å². The Morgan fingerprint density at radius 1 is 1.42 bits per heavy atom. The van der Waals surface area contributed by atoms with Crippen molar-refractivity contribution in [3.05, 3.63) is 59.6 Å². The summed E-state index contributed by atoms with van der Waals surface area (Å²) in [5.41, 5.74) is 1.09. The molecular formula is C15H14O4. The van der Waals surface area contributed by atoms with Gasteiger partial charge in [0.2, 0.25) is 0 Å². The molecule has 0 aliphatic heterocycles. The fourth-order valence-corrected chi connectivity index (χ4v) is 1.65. The lowest BCUT2D eigenvalue weighted by Gasteiger charge is -2.07. The molecule has 19 heavy (non-hydrogen) atoms. The van der Waals surface area contributed by atoms with E-state index in [0.717, 1.165) is 11.3 Å². The van der Waals surface area contributed by atoms with Crippen molar-refractivity contribution in [3.63, 3.8) is 0 Å². The Bertz CT molecular complexity index is 596. The second-order valence-electron chi connectivity index (χ2n) is 3.93. The van der Waals surface area contributed by atoms with Crippen LogP contribution in [0.1, 0.15) is 28.6 Å². The Balaban J connectivity index is 2.07. The molecule has 98 valence electrons. The predicted octanol–water partition coefficient (Wildman–Crippen LogP) is 3.59. The van der Waals surface area contributed by atoms with Gasteiger partial charge in [-0.25, -0.2) is 4.79 Å². The van der Waals surface area contributed by atoms with E-state index in [1.54, 1.807) is 0 Å². The standard InChI is InChI=1S/C15H14O4/c1-2-5-11-6-3-4-7-14(11)19-10-13-8-12(9-18-13)15(16)17/h2-9H,10H2,1H3,(H,16,17)/b5-2+. The molecule has 2 rings (SSSR count). The molecule has 0 spiro atoms. The Kier molecular flexibility index (Phi) is 4.03. The highest BCUT2D eigenvalue weighted by molar-refractivity contribution is 5.87. The fourth-order valence-electron chi connectivity index (χ4n) is 1.65. The van der Waals surface area contributed by atoms with Gasteiger partial charge < -0.3 is 14.3 Å². The van der Waals surface area contributed by atoms with Crippen LogP contribution in [-0.4, -0.2) is 11.1 Å². The zero-order chi connectivity index (χ0) is 13.7. The van der Waals surface area contributed by atoms with Gasteiger partial charge in [0.05, 0.1) is 5.56 Å². The Labute approximate surface area is 110 Å². The van der Waals surface area contributed by atoms with Gasteiger partial charge in [-0.3, -0.25) is 0 Å². The first-order chi connectivity index (χ1) is 9.20. The number of carboxylic acids is 1. The van der Waals surface area contributed by atoms with Gasteiger partial charge in [-0.05, 0) is 19.1 Å². The summed E-state index contributed by atoms with van der Waals surface area (Å²) in [6.07, 6.45) is 5.08. The lowest BCUT2D eigenvalue weighted by Crippen LogP contribution is -1.96. The summed E-state index contributed by atoms with van der Waals surface area (Å²) in [7, 11) is 0. The van der Waals surface area contributed by atoms with Crippen molar-refractivity contribution in [2.24, 2.45) is 0 Å². The van der Waals surface area contributed by atoms with E-state index in [0.29, 0.717) is 5.76 Å². The van der Waals surface area contributed by atoms with Crippen molar-refractivity contribution in [2.45, 2.75) is 13.5 Å². The second-order valence-corrected chi connectivity index (χ2v) is 3.93. The zero-order valence-corrected chi connectivity index (χ0v) is 10.5. The van der Waals surface area contributed by atoms with Crippen molar-refractivity contribution in [1.82, 2.24) is 0 Å². The molecule has 0 aliphatic carbocycles. The highest BCUT2D eigenvalue weighted by Crippen LogP contribution is 2.21. The van der Waals surface area contributed by atoms with Crippen molar-refractivity contribution in [1.29, 1.82) is 0 Å². The molecule has 0 atom stereocenters. The van der Waals surface area contributed by atoms with Gasteiger partial charge >= 0.3 is 5.97 Å². The molecule has 0 saturated heterocycles. The minimum Gasteiger partial charge on any atom is -0.485 e. The lowest BCUT2D eigenvalue weighted by molar-refractivity contribution is 0.0696. The summed E-state index contributed by atoms with van der Waals surface area (Å²) >= 11 is 0. The monoisotopic (exact) mass is 258 g/mol. The molecule has 1 N–H and O–H groups in total. The molecule has 0 aliphatic rings. The SMILES string of the molecule is C/C=C/c1ccccc1OCc1cc(C(=O)O)co1. The number of para-hydroxylation sites is 1. The summed E-state index contributed by atoms with van der Waals surface area (Å²) < 4.78 is 10.8. The van der Waals surface area contributed by atoms with Crippen LogP contribution >= 0.6 is 0 Å². The van der Waals surface area contributed by atoms with Crippen molar-refractivity contribution >= 4 is 12.0 Å². The third-order valence-electron chi connectivity index (χ3n) is 2.54. The van der Waals surface area contributed by atoms with Crippen molar-refractivity contribution < 1.29 is 19.1 Å². The number of rotatable bonds is 5. The maximum atomic E-state index is 10.7. The maximum Gasteiger partial charge on any atom is 0.338 e. The average molecular weight is 258 g/mol. The predicted molar refractivity (Wildman–Crippen MR) is 71.1 cm³/mol. The van der Waals surface area contributed by atoms with Gasteiger partial charge in [0, 0.05) is 5.56 Å². The van der Waals surface area contributed by atoms with Gasteiger partial charge in [0.15, 0.2) is 0 Å². The van der Waals surface area contributed by atoms with Crippen LogP contribution in [-0.2, 0) is 6.61 Å². The van der Waals surface area contributed by atoms with E-state index < -0.39 is 5.97 Å². The number of hydrogen-bond acceptors (Lipinski definition) is 3. The zero-order valence-electron chi connectivity index (χ0n) is 10.5. The number of furan rings is 1. The molecule has 0 amide bonds. The van der Waals surface area contributed by atoms with Crippen LogP contribution in [0.2, 0.25) is 0 Å². The van der Waals surface area contributed by atoms with Crippen LogP contribution in [0, 0.1) is 0 Å². The van der Waals surface area contributed by atoms with Crippen molar-refractivity contribution in [3.8, 4) is 5.75 Å². The van der Waals surface area contributed by atoms with E-state index in [1.165, 1.54) is 12.3 Å². The summed E-state index contributed by atoms with van der Waals surface area (Å²) in [5.74, 6) is 0.200. The van der Waals surface area contributed by atoms with E-state index in [4.69, 9.17) is 14.3 Å². The van der Waals surface area contributed by atoms with E-state index in [2.05, 4.69) is 0 Å². The Morgan fingerprint density at radius 3 is 2.89 bits per heavy atom. The number of allylic oxidation sites excluding steroid dienone is 1. The first-order valence-electron chi connectivity index (χ1n) is 5.86. The third kappa shape index (κ3) is 3.25. The highest BCUT2D eigenvalue weighted by atomic mass is 16.5. The van der Waals surface area contributed by atoms with E-state index in [9.17, 15) is 4.79 Å². The maximum absolute atomic E-state index is 10.7. The summed E-state index contributed by atoms with van der Waals surface area (Å²) in [6.45, 7) is 2.13.